The van der Waals surface area contributed by atoms with Crippen LogP contribution in [0.2, 0.25) is 0 Å². The Kier molecular flexibility index (Phi) is 3.77. The Morgan fingerprint density at radius 2 is 2.20 bits per heavy atom. The van der Waals surface area contributed by atoms with Crippen molar-refractivity contribution in [3.63, 3.8) is 0 Å². The van der Waals surface area contributed by atoms with E-state index in [2.05, 4.69) is 31.4 Å². The molecule has 1 aromatic heterocycles. The number of halogens is 3. The first-order valence-electron chi connectivity index (χ1n) is 5.96. The highest BCUT2D eigenvalue weighted by Gasteiger charge is 2.24. The number of nitrogens with one attached hydrogen (secondary N) is 1. The van der Waals surface area contributed by atoms with Gasteiger partial charge in [-0.1, -0.05) is 5.16 Å². The van der Waals surface area contributed by atoms with Crippen LogP contribution < -0.4 is 5.32 Å². The van der Waals surface area contributed by atoms with E-state index < -0.39 is 11.6 Å². The molecule has 1 atom stereocenters. The van der Waals surface area contributed by atoms with Gasteiger partial charge in [-0.05, 0) is 28.1 Å². The Balaban J connectivity index is 1.92. The molecule has 1 saturated heterocycles. The molecule has 0 radical (unpaired) electrons. The lowest BCUT2D eigenvalue weighted by molar-refractivity contribution is 0.00755. The zero-order chi connectivity index (χ0) is 14.1. The standard InChI is InChI=1S/C12H10BrF2N3O2/c13-9-6(1-2-7(14)10(9)15)11-17-12(20-18-11)8-5-16-3-4-19-8/h1-2,8,16H,3-5H2. The van der Waals surface area contributed by atoms with Crippen molar-refractivity contribution in [2.24, 2.45) is 0 Å². The summed E-state index contributed by atoms with van der Waals surface area (Å²) in [6.45, 7) is 1.89. The molecule has 2 aromatic rings. The van der Waals surface area contributed by atoms with Gasteiger partial charge in [-0.15, -0.1) is 0 Å². The number of nitrogens with zero attached hydrogens (tertiary/aromatic N) is 2. The molecule has 1 aliphatic rings. The van der Waals surface area contributed by atoms with Crippen molar-refractivity contribution in [3.8, 4) is 11.4 Å². The van der Waals surface area contributed by atoms with Gasteiger partial charge in [0.05, 0.1) is 11.1 Å². The van der Waals surface area contributed by atoms with Crippen LogP contribution >= 0.6 is 15.9 Å². The maximum atomic E-state index is 13.5. The Labute approximate surface area is 121 Å². The summed E-state index contributed by atoms with van der Waals surface area (Å²) in [5.41, 5.74) is 0.322. The fourth-order valence-corrected chi connectivity index (χ4v) is 2.40. The predicted octanol–water partition coefficient (Wildman–Crippen LogP) is 2.44. The minimum atomic E-state index is -0.982. The Hall–Kier alpha value is -1.38. The van der Waals surface area contributed by atoms with Gasteiger partial charge >= 0.3 is 0 Å². The first-order valence-corrected chi connectivity index (χ1v) is 6.76. The second-order valence-electron chi connectivity index (χ2n) is 4.24. The predicted molar refractivity (Wildman–Crippen MR) is 68.9 cm³/mol. The van der Waals surface area contributed by atoms with Crippen LogP contribution in [-0.2, 0) is 4.74 Å². The van der Waals surface area contributed by atoms with Crippen LogP contribution in [0, 0.1) is 11.6 Å². The Morgan fingerprint density at radius 1 is 1.35 bits per heavy atom. The molecule has 1 unspecified atom stereocenters. The van der Waals surface area contributed by atoms with Crippen LogP contribution in [0.3, 0.4) is 0 Å². The smallest absolute Gasteiger partial charge is 0.257 e. The second kappa shape index (κ2) is 5.55. The minimum Gasteiger partial charge on any atom is -0.366 e. The number of hydrogen-bond donors (Lipinski definition) is 1. The SMILES string of the molecule is Fc1ccc(-c2noc(C3CNCCO3)n2)c(Br)c1F. The summed E-state index contributed by atoms with van der Waals surface area (Å²) < 4.78 is 37.1. The normalized spacial score (nSPS) is 19.2. The van der Waals surface area contributed by atoms with Crippen LogP contribution in [0.4, 0.5) is 8.78 Å². The Bertz CT molecular complexity index is 629. The number of morpholine rings is 1. The van der Waals surface area contributed by atoms with Crippen molar-refractivity contribution in [2.45, 2.75) is 6.10 Å². The molecule has 8 heteroatoms. The molecule has 106 valence electrons. The van der Waals surface area contributed by atoms with Gasteiger partial charge in [0.15, 0.2) is 11.6 Å². The van der Waals surface area contributed by atoms with Crippen LogP contribution in [0.1, 0.15) is 12.0 Å². The van der Waals surface area contributed by atoms with E-state index in [-0.39, 0.29) is 16.4 Å². The molecule has 20 heavy (non-hydrogen) atoms. The van der Waals surface area contributed by atoms with E-state index in [0.717, 1.165) is 12.6 Å². The molecule has 1 aliphatic heterocycles. The first-order chi connectivity index (χ1) is 9.66. The molecule has 1 N–H and O–H groups in total. The molecule has 2 heterocycles. The van der Waals surface area contributed by atoms with Gasteiger partial charge in [0.2, 0.25) is 5.82 Å². The van der Waals surface area contributed by atoms with Crippen molar-refractivity contribution in [1.29, 1.82) is 0 Å². The lowest BCUT2D eigenvalue weighted by Gasteiger charge is -2.19. The number of rotatable bonds is 2. The van der Waals surface area contributed by atoms with Crippen LogP contribution in [-0.4, -0.2) is 29.8 Å². The van der Waals surface area contributed by atoms with E-state index >= 15 is 0 Å². The summed E-state index contributed by atoms with van der Waals surface area (Å²) in [7, 11) is 0. The van der Waals surface area contributed by atoms with E-state index in [4.69, 9.17) is 9.26 Å². The van der Waals surface area contributed by atoms with Gasteiger partial charge in [0.1, 0.15) is 6.10 Å². The fourth-order valence-electron chi connectivity index (χ4n) is 1.90. The van der Waals surface area contributed by atoms with Crippen molar-refractivity contribution in [3.05, 3.63) is 34.1 Å². The van der Waals surface area contributed by atoms with Gasteiger partial charge in [0, 0.05) is 18.7 Å². The third-order valence-corrected chi connectivity index (χ3v) is 3.70. The molecule has 3 rings (SSSR count). The molecule has 0 saturated carbocycles. The Morgan fingerprint density at radius 3 is 2.95 bits per heavy atom. The summed E-state index contributed by atoms with van der Waals surface area (Å²) in [6, 6.07) is 2.40. The van der Waals surface area contributed by atoms with Crippen molar-refractivity contribution >= 4 is 15.9 Å². The molecular weight excluding hydrogens is 336 g/mol. The highest BCUT2D eigenvalue weighted by Crippen LogP contribution is 2.30. The topological polar surface area (TPSA) is 60.2 Å². The van der Waals surface area contributed by atoms with E-state index in [1.54, 1.807) is 0 Å². The number of aromatic nitrogens is 2. The largest absolute Gasteiger partial charge is 0.366 e. The third kappa shape index (κ3) is 2.46. The lowest BCUT2D eigenvalue weighted by atomic mass is 10.2. The minimum absolute atomic E-state index is 0.0347. The summed E-state index contributed by atoms with van der Waals surface area (Å²) in [6.07, 6.45) is -0.325. The maximum Gasteiger partial charge on any atom is 0.257 e. The van der Waals surface area contributed by atoms with E-state index in [9.17, 15) is 8.78 Å². The summed E-state index contributed by atoms with van der Waals surface area (Å²) in [5, 5.41) is 6.92. The van der Waals surface area contributed by atoms with Gasteiger partial charge in [0.25, 0.3) is 5.89 Å². The van der Waals surface area contributed by atoms with Gasteiger partial charge < -0.3 is 14.6 Å². The highest BCUT2D eigenvalue weighted by molar-refractivity contribution is 9.10. The molecule has 0 spiro atoms. The lowest BCUT2D eigenvalue weighted by Crippen LogP contribution is -2.33. The average Bonchev–Trinajstić information content (AvgIpc) is 2.95. The number of hydrogen-bond acceptors (Lipinski definition) is 5. The molecule has 5 nitrogen and oxygen atoms in total. The van der Waals surface area contributed by atoms with Crippen molar-refractivity contribution in [1.82, 2.24) is 15.5 Å². The van der Waals surface area contributed by atoms with E-state index in [1.165, 1.54) is 6.07 Å². The van der Waals surface area contributed by atoms with Crippen LogP contribution in [0.25, 0.3) is 11.4 Å². The van der Waals surface area contributed by atoms with E-state index in [1.807, 2.05) is 0 Å². The number of ether oxygens (including phenoxy) is 1. The quantitative estimate of drug-likeness (QED) is 0.847. The second-order valence-corrected chi connectivity index (χ2v) is 5.04. The van der Waals surface area contributed by atoms with Gasteiger partial charge in [-0.3, -0.25) is 0 Å². The third-order valence-electron chi connectivity index (χ3n) is 2.92. The maximum absolute atomic E-state index is 13.5. The molecule has 0 amide bonds. The first kappa shape index (κ1) is 13.6. The summed E-state index contributed by atoms with van der Waals surface area (Å²) >= 11 is 2.99. The summed E-state index contributed by atoms with van der Waals surface area (Å²) in [5.74, 6) is -1.43. The van der Waals surface area contributed by atoms with Crippen molar-refractivity contribution in [2.75, 3.05) is 19.7 Å². The zero-order valence-electron chi connectivity index (χ0n) is 10.2. The van der Waals surface area contributed by atoms with E-state index in [0.29, 0.717) is 24.6 Å². The number of benzene rings is 1. The van der Waals surface area contributed by atoms with Crippen LogP contribution in [0.15, 0.2) is 21.1 Å². The molecular formula is C12H10BrF2N3O2. The molecule has 1 fully saturated rings. The van der Waals surface area contributed by atoms with Gasteiger partial charge in [-0.2, -0.15) is 4.98 Å². The summed E-state index contributed by atoms with van der Waals surface area (Å²) in [4.78, 5) is 4.17. The zero-order valence-corrected chi connectivity index (χ0v) is 11.8. The highest BCUT2D eigenvalue weighted by atomic mass is 79.9. The fraction of sp³-hybridized carbons (Fsp3) is 0.333. The van der Waals surface area contributed by atoms with Crippen molar-refractivity contribution < 1.29 is 18.0 Å². The molecule has 1 aromatic carbocycles. The molecule has 0 bridgehead atoms. The van der Waals surface area contributed by atoms with Crippen LogP contribution in [0.5, 0.6) is 0 Å². The monoisotopic (exact) mass is 345 g/mol. The molecule has 0 aliphatic carbocycles. The average molecular weight is 346 g/mol. The van der Waals surface area contributed by atoms with Gasteiger partial charge in [-0.25, -0.2) is 8.78 Å².